The van der Waals surface area contributed by atoms with Crippen LogP contribution in [0.25, 0.3) is 0 Å². The molecule has 1 heterocycles. The SMILES string of the molecule is O=C(Cc1cccc(Cl)c1)NCC1CCS(=O)(=O)C1. The third-order valence-electron chi connectivity index (χ3n) is 3.17. The first-order valence-corrected chi connectivity index (χ1v) is 8.36. The summed E-state index contributed by atoms with van der Waals surface area (Å²) < 4.78 is 22.6. The molecule has 6 heteroatoms. The van der Waals surface area contributed by atoms with Crippen molar-refractivity contribution < 1.29 is 13.2 Å². The Balaban J connectivity index is 1.79. The number of carbonyl (C=O) groups excluding carboxylic acids is 1. The van der Waals surface area contributed by atoms with E-state index in [0.717, 1.165) is 5.56 Å². The first-order chi connectivity index (χ1) is 8.94. The fourth-order valence-corrected chi connectivity index (χ4v) is 4.26. The van der Waals surface area contributed by atoms with Crippen molar-refractivity contribution in [2.45, 2.75) is 12.8 Å². The van der Waals surface area contributed by atoms with Crippen LogP contribution in [-0.2, 0) is 21.1 Å². The number of carbonyl (C=O) groups is 1. The summed E-state index contributed by atoms with van der Waals surface area (Å²) in [6, 6.07) is 7.15. The fraction of sp³-hybridized carbons (Fsp3) is 0.462. The third-order valence-corrected chi connectivity index (χ3v) is 5.24. The van der Waals surface area contributed by atoms with Crippen molar-refractivity contribution >= 4 is 27.3 Å². The second-order valence-electron chi connectivity index (χ2n) is 4.88. The van der Waals surface area contributed by atoms with Gasteiger partial charge in [-0.05, 0) is 30.0 Å². The van der Waals surface area contributed by atoms with Gasteiger partial charge in [-0.25, -0.2) is 8.42 Å². The van der Waals surface area contributed by atoms with Gasteiger partial charge < -0.3 is 5.32 Å². The lowest BCUT2D eigenvalue weighted by Gasteiger charge is -2.09. The smallest absolute Gasteiger partial charge is 0.224 e. The predicted octanol–water partition coefficient (Wildman–Crippen LogP) is 1.43. The number of nitrogens with one attached hydrogen (secondary N) is 1. The van der Waals surface area contributed by atoms with E-state index >= 15 is 0 Å². The van der Waals surface area contributed by atoms with Gasteiger partial charge in [0.15, 0.2) is 9.84 Å². The molecule has 0 radical (unpaired) electrons. The van der Waals surface area contributed by atoms with Crippen LogP contribution < -0.4 is 5.32 Å². The van der Waals surface area contributed by atoms with E-state index in [1.54, 1.807) is 18.2 Å². The first-order valence-electron chi connectivity index (χ1n) is 6.16. The van der Waals surface area contributed by atoms with E-state index in [0.29, 0.717) is 18.0 Å². The van der Waals surface area contributed by atoms with Gasteiger partial charge in [0.05, 0.1) is 17.9 Å². The molecule has 0 saturated carbocycles. The average Bonchev–Trinajstić information content (AvgIpc) is 2.66. The molecule has 104 valence electrons. The second kappa shape index (κ2) is 5.92. The molecule has 1 aliphatic heterocycles. The van der Waals surface area contributed by atoms with Crippen LogP contribution in [0, 0.1) is 5.92 Å². The van der Waals surface area contributed by atoms with Gasteiger partial charge in [0.25, 0.3) is 0 Å². The highest BCUT2D eigenvalue weighted by molar-refractivity contribution is 7.91. The number of rotatable bonds is 4. The summed E-state index contributed by atoms with van der Waals surface area (Å²) in [7, 11) is -2.88. The molecule has 4 nitrogen and oxygen atoms in total. The van der Waals surface area contributed by atoms with Crippen LogP contribution in [0.2, 0.25) is 5.02 Å². The quantitative estimate of drug-likeness (QED) is 0.915. The zero-order valence-corrected chi connectivity index (χ0v) is 12.0. The maximum atomic E-state index is 11.7. The van der Waals surface area contributed by atoms with E-state index in [1.165, 1.54) is 0 Å². The van der Waals surface area contributed by atoms with Gasteiger partial charge in [-0.2, -0.15) is 0 Å². The molecule has 2 rings (SSSR count). The zero-order valence-electron chi connectivity index (χ0n) is 10.4. The average molecular weight is 302 g/mol. The molecule has 1 aliphatic rings. The molecule has 1 aromatic carbocycles. The Kier molecular flexibility index (Phi) is 4.47. The lowest BCUT2D eigenvalue weighted by Crippen LogP contribution is -2.31. The van der Waals surface area contributed by atoms with Gasteiger partial charge in [0.2, 0.25) is 5.91 Å². The fourth-order valence-electron chi connectivity index (χ4n) is 2.19. The topological polar surface area (TPSA) is 63.2 Å². The van der Waals surface area contributed by atoms with Crippen LogP contribution in [0.5, 0.6) is 0 Å². The normalized spacial score (nSPS) is 21.2. The first kappa shape index (κ1) is 14.3. The van der Waals surface area contributed by atoms with Gasteiger partial charge in [-0.3, -0.25) is 4.79 Å². The van der Waals surface area contributed by atoms with Gasteiger partial charge >= 0.3 is 0 Å². The molecule has 19 heavy (non-hydrogen) atoms. The van der Waals surface area contributed by atoms with Crippen molar-refractivity contribution in [2.24, 2.45) is 5.92 Å². The summed E-state index contributed by atoms with van der Waals surface area (Å²) in [6.07, 6.45) is 0.903. The van der Waals surface area contributed by atoms with Gasteiger partial charge in [0, 0.05) is 11.6 Å². The minimum absolute atomic E-state index is 0.0494. The van der Waals surface area contributed by atoms with E-state index in [2.05, 4.69) is 5.32 Å². The molecule has 0 spiro atoms. The minimum Gasteiger partial charge on any atom is -0.356 e. The Morgan fingerprint density at radius 1 is 1.42 bits per heavy atom. The van der Waals surface area contributed by atoms with Crippen LogP contribution in [0.4, 0.5) is 0 Å². The molecular formula is C13H16ClNO3S. The van der Waals surface area contributed by atoms with Crippen LogP contribution >= 0.6 is 11.6 Å². The molecule has 0 aliphatic carbocycles. The zero-order chi connectivity index (χ0) is 13.9. The molecule has 1 unspecified atom stereocenters. The third kappa shape index (κ3) is 4.51. The highest BCUT2D eigenvalue weighted by Crippen LogP contribution is 2.17. The van der Waals surface area contributed by atoms with Gasteiger partial charge in [-0.15, -0.1) is 0 Å². The summed E-state index contributed by atoms with van der Waals surface area (Å²) in [4.78, 5) is 11.7. The Morgan fingerprint density at radius 2 is 2.21 bits per heavy atom. The van der Waals surface area contributed by atoms with E-state index in [4.69, 9.17) is 11.6 Å². The summed E-state index contributed by atoms with van der Waals surface area (Å²) in [5, 5.41) is 3.39. The molecule has 1 fully saturated rings. The van der Waals surface area contributed by atoms with Crippen LogP contribution in [0.3, 0.4) is 0 Å². The molecular weight excluding hydrogens is 286 g/mol. The highest BCUT2D eigenvalue weighted by Gasteiger charge is 2.27. The number of sulfone groups is 1. The monoisotopic (exact) mass is 301 g/mol. The van der Waals surface area contributed by atoms with E-state index in [9.17, 15) is 13.2 Å². The van der Waals surface area contributed by atoms with E-state index in [1.807, 2.05) is 6.07 Å². The van der Waals surface area contributed by atoms with Crippen LogP contribution in [0.15, 0.2) is 24.3 Å². The number of benzene rings is 1. The minimum atomic E-state index is -2.88. The standard InChI is InChI=1S/C13H16ClNO3S/c14-12-3-1-2-10(6-12)7-13(16)15-8-11-4-5-19(17,18)9-11/h1-3,6,11H,4-5,7-9H2,(H,15,16). The number of amides is 1. The highest BCUT2D eigenvalue weighted by atomic mass is 35.5. The molecule has 1 aromatic rings. The Bertz CT molecular complexity index is 571. The lowest BCUT2D eigenvalue weighted by atomic mass is 10.1. The molecule has 1 N–H and O–H groups in total. The second-order valence-corrected chi connectivity index (χ2v) is 7.54. The number of hydrogen-bond donors (Lipinski definition) is 1. The van der Waals surface area contributed by atoms with Gasteiger partial charge in [-0.1, -0.05) is 23.7 Å². The summed E-state index contributed by atoms with van der Waals surface area (Å²) in [6.45, 7) is 0.429. The van der Waals surface area contributed by atoms with Crippen LogP contribution in [0.1, 0.15) is 12.0 Å². The van der Waals surface area contributed by atoms with Gasteiger partial charge in [0.1, 0.15) is 0 Å². The molecule has 0 bridgehead atoms. The van der Waals surface area contributed by atoms with Crippen LogP contribution in [-0.4, -0.2) is 32.4 Å². The molecule has 1 atom stereocenters. The van der Waals surface area contributed by atoms with Crippen molar-refractivity contribution in [3.63, 3.8) is 0 Å². The summed E-state index contributed by atoms with van der Waals surface area (Å²) in [5.74, 6) is 0.367. The Hall–Kier alpha value is -1.07. The number of hydrogen-bond acceptors (Lipinski definition) is 3. The molecule has 1 amide bonds. The molecule has 0 aromatic heterocycles. The maximum absolute atomic E-state index is 11.7. The predicted molar refractivity (Wildman–Crippen MR) is 74.9 cm³/mol. The van der Waals surface area contributed by atoms with Crippen molar-refractivity contribution in [2.75, 3.05) is 18.1 Å². The van der Waals surface area contributed by atoms with Crippen molar-refractivity contribution in [3.8, 4) is 0 Å². The number of halogens is 1. The van der Waals surface area contributed by atoms with E-state index < -0.39 is 9.84 Å². The Morgan fingerprint density at radius 3 is 2.84 bits per heavy atom. The van der Waals surface area contributed by atoms with Crippen molar-refractivity contribution in [1.29, 1.82) is 0 Å². The Labute approximate surface area is 118 Å². The molecule has 1 saturated heterocycles. The summed E-state index contributed by atoms with van der Waals surface area (Å²) >= 11 is 5.84. The van der Waals surface area contributed by atoms with Crippen molar-refractivity contribution in [3.05, 3.63) is 34.9 Å². The van der Waals surface area contributed by atoms with Crippen molar-refractivity contribution in [1.82, 2.24) is 5.32 Å². The van der Waals surface area contributed by atoms with E-state index in [-0.39, 0.29) is 29.8 Å². The lowest BCUT2D eigenvalue weighted by molar-refractivity contribution is -0.120. The largest absolute Gasteiger partial charge is 0.356 e. The maximum Gasteiger partial charge on any atom is 0.224 e. The summed E-state index contributed by atoms with van der Waals surface area (Å²) in [5.41, 5.74) is 0.851.